The van der Waals surface area contributed by atoms with Gasteiger partial charge in [0.05, 0.1) is 0 Å². The van der Waals surface area contributed by atoms with Crippen LogP contribution in [-0.4, -0.2) is 12.8 Å². The summed E-state index contributed by atoms with van der Waals surface area (Å²) in [6.07, 6.45) is 16.6. The zero-order valence-corrected chi connectivity index (χ0v) is 26.9. The van der Waals surface area contributed by atoms with E-state index in [4.69, 9.17) is 5.73 Å². The van der Waals surface area contributed by atoms with E-state index < -0.39 is 0 Å². The Morgan fingerprint density at radius 2 is 1.64 bits per heavy atom. The van der Waals surface area contributed by atoms with Gasteiger partial charge in [0.1, 0.15) is 0 Å². The molecule has 202 valence electrons. The highest BCUT2D eigenvalue weighted by Gasteiger charge is 2.24. The van der Waals surface area contributed by atoms with Crippen molar-refractivity contribution in [3.8, 4) is 9.75 Å². The van der Waals surface area contributed by atoms with Crippen LogP contribution >= 0.6 is 34.4 Å². The van der Waals surface area contributed by atoms with Crippen molar-refractivity contribution in [2.24, 2.45) is 11.1 Å². The molecule has 0 saturated carbocycles. The molecule has 0 amide bonds. The first kappa shape index (κ1) is 31.4. The molecule has 2 rings (SSSR count). The normalized spacial score (nSPS) is 13.6. The van der Waals surface area contributed by atoms with Crippen LogP contribution in [-0.2, 0) is 18.3 Å². The van der Waals surface area contributed by atoms with Crippen LogP contribution in [0.3, 0.4) is 0 Å². The van der Waals surface area contributed by atoms with Gasteiger partial charge < -0.3 is 5.73 Å². The summed E-state index contributed by atoms with van der Waals surface area (Å²) in [5.41, 5.74) is 10.9. The molecule has 36 heavy (non-hydrogen) atoms. The molecule has 2 heterocycles. The second kappa shape index (κ2) is 14.4. The standard InChI is InChI=1S/C32H51NS3/c1-10-12-13-14-16-25-22-27(36-30(25)32(6,7)8)28-24(19-20-33)21-26(35-28)18-17-23(15-11-2)29(34-9)31(3,4)5/h17-18,21-22H,10-16,19-20,33H2,1-9H3/b18-17+,29-23-. The molecule has 0 aromatic carbocycles. The predicted molar refractivity (Wildman–Crippen MR) is 171 cm³/mol. The minimum atomic E-state index is 0.174. The molecule has 0 radical (unpaired) electrons. The molecule has 2 aromatic rings. The van der Waals surface area contributed by atoms with Gasteiger partial charge in [-0.15, -0.1) is 34.4 Å². The van der Waals surface area contributed by atoms with Gasteiger partial charge in [0.25, 0.3) is 0 Å². The third-order valence-electron chi connectivity index (χ3n) is 6.40. The van der Waals surface area contributed by atoms with E-state index in [-0.39, 0.29) is 10.8 Å². The Kier molecular flexibility index (Phi) is 12.5. The van der Waals surface area contributed by atoms with E-state index in [1.54, 1.807) is 10.4 Å². The summed E-state index contributed by atoms with van der Waals surface area (Å²) < 4.78 is 0. The number of aryl methyl sites for hydroxylation is 1. The summed E-state index contributed by atoms with van der Waals surface area (Å²) in [4.78, 5) is 7.26. The number of hydrogen-bond acceptors (Lipinski definition) is 4. The van der Waals surface area contributed by atoms with Gasteiger partial charge in [0, 0.05) is 19.5 Å². The lowest BCUT2D eigenvalue weighted by molar-refractivity contribution is 0.527. The largest absolute Gasteiger partial charge is 0.330 e. The fourth-order valence-corrected chi connectivity index (χ4v) is 8.39. The summed E-state index contributed by atoms with van der Waals surface area (Å²) in [6, 6.07) is 4.89. The number of rotatable bonds is 13. The average Bonchev–Trinajstić information content (AvgIpc) is 3.39. The van der Waals surface area contributed by atoms with Gasteiger partial charge in [-0.2, -0.15) is 0 Å². The second-order valence-corrected chi connectivity index (χ2v) is 14.9. The summed E-state index contributed by atoms with van der Waals surface area (Å²) in [5.74, 6) is 0. The Morgan fingerprint density at radius 1 is 0.917 bits per heavy atom. The Labute approximate surface area is 235 Å². The van der Waals surface area contributed by atoms with Crippen LogP contribution in [0.25, 0.3) is 15.8 Å². The fourth-order valence-electron chi connectivity index (χ4n) is 4.83. The zero-order chi connectivity index (χ0) is 26.9. The smallest absolute Gasteiger partial charge is 0.0481 e. The molecule has 0 atom stereocenters. The molecule has 0 aliphatic rings. The van der Waals surface area contributed by atoms with E-state index in [9.17, 15) is 0 Å². The van der Waals surface area contributed by atoms with Gasteiger partial charge in [-0.25, -0.2) is 0 Å². The van der Waals surface area contributed by atoms with Gasteiger partial charge in [0.2, 0.25) is 0 Å². The van der Waals surface area contributed by atoms with Crippen molar-refractivity contribution in [1.82, 2.24) is 0 Å². The number of hydrogen-bond donors (Lipinski definition) is 1. The van der Waals surface area contributed by atoms with Crippen LogP contribution in [0.2, 0.25) is 0 Å². The number of nitrogens with two attached hydrogens (primary N) is 1. The zero-order valence-electron chi connectivity index (χ0n) is 24.5. The fraction of sp³-hybridized carbons (Fsp3) is 0.625. The third-order valence-corrected chi connectivity index (χ3v) is 10.6. The van der Waals surface area contributed by atoms with E-state index >= 15 is 0 Å². The molecule has 2 aromatic heterocycles. The third kappa shape index (κ3) is 8.89. The molecular weight excluding hydrogens is 495 g/mol. The lowest BCUT2D eigenvalue weighted by Crippen LogP contribution is -2.11. The van der Waals surface area contributed by atoms with Gasteiger partial charge >= 0.3 is 0 Å². The van der Waals surface area contributed by atoms with Crippen LogP contribution in [0.1, 0.15) is 115 Å². The van der Waals surface area contributed by atoms with E-state index in [0.717, 1.165) is 12.8 Å². The predicted octanol–water partition coefficient (Wildman–Crippen LogP) is 10.9. The number of allylic oxidation sites excluding steroid dienone is 3. The first-order valence-electron chi connectivity index (χ1n) is 13.9. The second-order valence-electron chi connectivity index (χ2n) is 12.0. The molecule has 0 saturated heterocycles. The van der Waals surface area contributed by atoms with Gasteiger partial charge in [-0.3, -0.25) is 0 Å². The van der Waals surface area contributed by atoms with Crippen LogP contribution in [0.5, 0.6) is 0 Å². The Hall–Kier alpha value is -0.810. The van der Waals surface area contributed by atoms with Crippen molar-refractivity contribution < 1.29 is 0 Å². The van der Waals surface area contributed by atoms with Gasteiger partial charge in [-0.05, 0) is 89.1 Å². The molecular formula is C32H51NS3. The molecule has 0 aliphatic carbocycles. The SMILES string of the molecule is CCCCCCc1cc(-c2sc(/C=C/C(CCC)=C(\SC)C(C)(C)C)cc2CCN)sc1C(C)(C)C. The van der Waals surface area contributed by atoms with Crippen molar-refractivity contribution in [2.75, 3.05) is 12.8 Å². The van der Waals surface area contributed by atoms with E-state index in [1.165, 1.54) is 69.2 Å². The lowest BCUT2D eigenvalue weighted by atomic mass is 9.90. The first-order chi connectivity index (χ1) is 17.0. The van der Waals surface area contributed by atoms with Crippen molar-refractivity contribution in [1.29, 1.82) is 0 Å². The lowest BCUT2D eigenvalue weighted by Gasteiger charge is -2.24. The molecule has 0 bridgehead atoms. The Morgan fingerprint density at radius 3 is 2.19 bits per heavy atom. The van der Waals surface area contributed by atoms with Crippen LogP contribution in [0, 0.1) is 5.41 Å². The number of thioether (sulfide) groups is 1. The van der Waals surface area contributed by atoms with Crippen molar-refractivity contribution >= 4 is 40.5 Å². The highest BCUT2D eigenvalue weighted by atomic mass is 32.2. The maximum absolute atomic E-state index is 6.06. The van der Waals surface area contributed by atoms with Crippen LogP contribution < -0.4 is 5.73 Å². The molecule has 2 N–H and O–H groups in total. The monoisotopic (exact) mass is 545 g/mol. The van der Waals surface area contributed by atoms with Gasteiger partial charge in [-0.1, -0.05) is 87.1 Å². The molecule has 1 nitrogen and oxygen atoms in total. The molecule has 0 spiro atoms. The Balaban J connectivity index is 2.48. The van der Waals surface area contributed by atoms with Crippen molar-refractivity contribution in [2.45, 2.75) is 112 Å². The highest BCUT2D eigenvalue weighted by Crippen LogP contribution is 2.44. The Bertz CT molecular complexity index is 1010. The van der Waals surface area contributed by atoms with E-state index in [2.05, 4.69) is 85.9 Å². The molecule has 0 unspecified atom stereocenters. The molecule has 4 heteroatoms. The maximum Gasteiger partial charge on any atom is 0.0481 e. The minimum Gasteiger partial charge on any atom is -0.330 e. The van der Waals surface area contributed by atoms with Crippen molar-refractivity contribution in [3.63, 3.8) is 0 Å². The number of thiophene rings is 2. The van der Waals surface area contributed by atoms with E-state index in [0.29, 0.717) is 6.54 Å². The molecule has 0 aliphatic heterocycles. The number of unbranched alkanes of at least 4 members (excludes halogenated alkanes) is 3. The quantitative estimate of drug-likeness (QED) is 0.200. The summed E-state index contributed by atoms with van der Waals surface area (Å²) in [6.45, 7) is 19.3. The summed E-state index contributed by atoms with van der Waals surface area (Å²) in [7, 11) is 0. The van der Waals surface area contributed by atoms with E-state index in [1.807, 2.05) is 34.4 Å². The van der Waals surface area contributed by atoms with Gasteiger partial charge in [0.15, 0.2) is 0 Å². The summed E-state index contributed by atoms with van der Waals surface area (Å²) in [5, 5.41) is 0. The van der Waals surface area contributed by atoms with Crippen LogP contribution in [0.4, 0.5) is 0 Å². The molecule has 0 fully saturated rings. The summed E-state index contributed by atoms with van der Waals surface area (Å²) >= 11 is 5.86. The topological polar surface area (TPSA) is 26.0 Å². The minimum absolute atomic E-state index is 0.174. The highest BCUT2D eigenvalue weighted by molar-refractivity contribution is 8.02. The van der Waals surface area contributed by atoms with Crippen molar-refractivity contribution in [3.05, 3.63) is 49.6 Å². The maximum atomic E-state index is 6.06. The van der Waals surface area contributed by atoms with Crippen LogP contribution in [0.15, 0.2) is 28.7 Å². The first-order valence-corrected chi connectivity index (χ1v) is 16.7. The average molecular weight is 546 g/mol.